The zero-order chi connectivity index (χ0) is 15.0. The fourth-order valence-corrected chi connectivity index (χ4v) is 4.41. The molecule has 0 spiro atoms. The predicted molar refractivity (Wildman–Crippen MR) is 79.8 cm³/mol. The maximum absolute atomic E-state index is 12.6. The number of nitrogens with zero attached hydrogens (tertiary/aromatic N) is 2. The molecular formula is C15H19N3O2S. The Bertz CT molecular complexity index is 765. The SMILES string of the molecule is Cn1ccnc1S(=O)(=O)c1ccc2c(c1)CCC[C@H]2CN. The van der Waals surface area contributed by atoms with Gasteiger partial charge >= 0.3 is 0 Å². The summed E-state index contributed by atoms with van der Waals surface area (Å²) >= 11 is 0. The van der Waals surface area contributed by atoms with Crippen LogP contribution in [0.3, 0.4) is 0 Å². The highest BCUT2D eigenvalue weighted by Gasteiger charge is 2.25. The number of aryl methyl sites for hydroxylation is 2. The molecule has 0 saturated heterocycles. The van der Waals surface area contributed by atoms with Crippen LogP contribution in [0.4, 0.5) is 0 Å². The monoisotopic (exact) mass is 305 g/mol. The van der Waals surface area contributed by atoms with E-state index in [1.165, 1.54) is 16.3 Å². The molecule has 0 unspecified atom stereocenters. The second-order valence-electron chi connectivity index (χ2n) is 5.51. The standard InChI is InChI=1S/C15H19N3O2S/c1-18-8-7-17-15(18)21(19,20)13-5-6-14-11(9-13)3-2-4-12(14)10-16/h5-9,12H,2-4,10,16H2,1H3/t12-/m0/s1. The quantitative estimate of drug-likeness (QED) is 0.935. The lowest BCUT2D eigenvalue weighted by atomic mass is 9.83. The number of aromatic nitrogens is 2. The number of fused-ring (bicyclic) bond motifs is 1. The summed E-state index contributed by atoms with van der Waals surface area (Å²) in [6.07, 6.45) is 6.18. The van der Waals surface area contributed by atoms with E-state index in [9.17, 15) is 8.42 Å². The molecule has 0 saturated carbocycles. The molecule has 1 aromatic carbocycles. The molecule has 2 N–H and O–H groups in total. The third-order valence-electron chi connectivity index (χ3n) is 4.17. The fraction of sp³-hybridized carbons (Fsp3) is 0.400. The van der Waals surface area contributed by atoms with Crippen LogP contribution >= 0.6 is 0 Å². The lowest BCUT2D eigenvalue weighted by molar-refractivity contribution is 0.557. The molecule has 0 amide bonds. The number of hydrogen-bond donors (Lipinski definition) is 1. The largest absolute Gasteiger partial charge is 0.330 e. The van der Waals surface area contributed by atoms with Gasteiger partial charge in [-0.1, -0.05) is 6.07 Å². The van der Waals surface area contributed by atoms with Gasteiger partial charge in [0.2, 0.25) is 15.0 Å². The minimum absolute atomic E-state index is 0.0774. The molecule has 5 nitrogen and oxygen atoms in total. The number of imidazole rings is 1. The number of sulfone groups is 1. The van der Waals surface area contributed by atoms with Crippen molar-refractivity contribution in [2.24, 2.45) is 12.8 Å². The number of rotatable bonds is 3. The molecule has 6 heteroatoms. The van der Waals surface area contributed by atoms with Crippen molar-refractivity contribution in [1.82, 2.24) is 9.55 Å². The van der Waals surface area contributed by atoms with Crippen molar-refractivity contribution in [2.45, 2.75) is 35.2 Å². The molecule has 3 rings (SSSR count). The van der Waals surface area contributed by atoms with Crippen LogP contribution < -0.4 is 5.73 Å². The number of hydrogen-bond acceptors (Lipinski definition) is 4. The lowest BCUT2D eigenvalue weighted by Crippen LogP contribution is -2.19. The zero-order valence-corrected chi connectivity index (χ0v) is 12.8. The van der Waals surface area contributed by atoms with E-state index in [1.807, 2.05) is 6.07 Å². The summed E-state index contributed by atoms with van der Waals surface area (Å²) in [4.78, 5) is 4.28. The van der Waals surface area contributed by atoms with Gasteiger partial charge < -0.3 is 10.3 Å². The molecule has 0 fully saturated rings. The molecule has 1 atom stereocenters. The van der Waals surface area contributed by atoms with Gasteiger partial charge in [0.1, 0.15) is 0 Å². The molecule has 0 radical (unpaired) electrons. The lowest BCUT2D eigenvalue weighted by Gasteiger charge is -2.24. The van der Waals surface area contributed by atoms with Gasteiger partial charge in [-0.15, -0.1) is 0 Å². The summed E-state index contributed by atoms with van der Waals surface area (Å²) in [5.74, 6) is 0.346. The van der Waals surface area contributed by atoms with Gasteiger partial charge in [-0.05, 0) is 55.0 Å². The first kappa shape index (κ1) is 14.3. The van der Waals surface area contributed by atoms with E-state index < -0.39 is 9.84 Å². The average molecular weight is 305 g/mol. The van der Waals surface area contributed by atoms with Crippen LogP contribution in [0.25, 0.3) is 0 Å². The Morgan fingerprint density at radius 3 is 2.90 bits per heavy atom. The van der Waals surface area contributed by atoms with E-state index in [2.05, 4.69) is 4.98 Å². The maximum Gasteiger partial charge on any atom is 0.240 e. The van der Waals surface area contributed by atoms with Gasteiger partial charge in [0.15, 0.2) is 0 Å². The van der Waals surface area contributed by atoms with Crippen molar-refractivity contribution in [1.29, 1.82) is 0 Å². The van der Waals surface area contributed by atoms with Gasteiger partial charge in [-0.2, -0.15) is 0 Å². The third kappa shape index (κ3) is 2.38. The molecule has 0 aliphatic heterocycles. The highest BCUT2D eigenvalue weighted by molar-refractivity contribution is 7.91. The molecule has 0 bridgehead atoms. The molecule has 1 aliphatic rings. The van der Waals surface area contributed by atoms with E-state index in [1.54, 1.807) is 25.4 Å². The molecule has 1 heterocycles. The minimum Gasteiger partial charge on any atom is -0.330 e. The summed E-state index contributed by atoms with van der Waals surface area (Å²) in [5, 5.41) is 0.0774. The van der Waals surface area contributed by atoms with Crippen LogP contribution in [0.2, 0.25) is 0 Å². The average Bonchev–Trinajstić information content (AvgIpc) is 2.93. The number of benzene rings is 1. The van der Waals surface area contributed by atoms with Crippen LogP contribution in [0.15, 0.2) is 40.6 Å². The first-order chi connectivity index (χ1) is 10.0. The van der Waals surface area contributed by atoms with E-state index in [4.69, 9.17) is 5.73 Å². The molecule has 1 aliphatic carbocycles. The Morgan fingerprint density at radius 1 is 1.43 bits per heavy atom. The van der Waals surface area contributed by atoms with Gasteiger partial charge in [0, 0.05) is 19.4 Å². The summed E-state index contributed by atoms with van der Waals surface area (Å²) < 4.78 is 26.8. The maximum atomic E-state index is 12.6. The smallest absolute Gasteiger partial charge is 0.240 e. The fourth-order valence-electron chi connectivity index (χ4n) is 3.02. The third-order valence-corrected chi connectivity index (χ3v) is 5.91. The highest BCUT2D eigenvalue weighted by Crippen LogP contribution is 2.33. The second kappa shape index (κ2) is 5.27. The van der Waals surface area contributed by atoms with Crippen molar-refractivity contribution in [3.8, 4) is 0 Å². The predicted octanol–water partition coefficient (Wildman–Crippen LogP) is 1.63. The molecular weight excluding hydrogens is 286 g/mol. The van der Waals surface area contributed by atoms with Crippen molar-refractivity contribution in [3.63, 3.8) is 0 Å². The van der Waals surface area contributed by atoms with Gasteiger partial charge in [-0.25, -0.2) is 13.4 Å². The van der Waals surface area contributed by atoms with Crippen molar-refractivity contribution < 1.29 is 8.42 Å². The summed E-state index contributed by atoms with van der Waals surface area (Å²) in [6, 6.07) is 5.39. The Kier molecular flexibility index (Phi) is 3.59. The van der Waals surface area contributed by atoms with Gasteiger partial charge in [-0.3, -0.25) is 0 Å². The first-order valence-corrected chi connectivity index (χ1v) is 8.57. The van der Waals surface area contributed by atoms with Gasteiger partial charge in [0.25, 0.3) is 0 Å². The minimum atomic E-state index is -3.56. The Balaban J connectivity index is 2.07. The van der Waals surface area contributed by atoms with E-state index in [-0.39, 0.29) is 5.16 Å². The van der Waals surface area contributed by atoms with E-state index in [0.717, 1.165) is 24.8 Å². The highest BCUT2D eigenvalue weighted by atomic mass is 32.2. The summed E-state index contributed by atoms with van der Waals surface area (Å²) in [5.41, 5.74) is 8.11. The van der Waals surface area contributed by atoms with Crippen LogP contribution in [-0.4, -0.2) is 24.5 Å². The van der Waals surface area contributed by atoms with Crippen molar-refractivity contribution in [3.05, 3.63) is 41.7 Å². The van der Waals surface area contributed by atoms with Crippen LogP contribution in [0.5, 0.6) is 0 Å². The summed E-state index contributed by atoms with van der Waals surface area (Å²) in [6.45, 7) is 0.610. The van der Waals surface area contributed by atoms with Crippen LogP contribution in [0.1, 0.15) is 29.9 Å². The van der Waals surface area contributed by atoms with Crippen molar-refractivity contribution in [2.75, 3.05) is 6.54 Å². The molecule has 21 heavy (non-hydrogen) atoms. The normalized spacial score (nSPS) is 18.5. The van der Waals surface area contributed by atoms with Crippen molar-refractivity contribution >= 4 is 9.84 Å². The van der Waals surface area contributed by atoms with E-state index >= 15 is 0 Å². The van der Waals surface area contributed by atoms with E-state index in [0.29, 0.717) is 17.4 Å². The van der Waals surface area contributed by atoms with Crippen LogP contribution in [-0.2, 0) is 23.3 Å². The molecule has 112 valence electrons. The van der Waals surface area contributed by atoms with Gasteiger partial charge in [0.05, 0.1) is 4.90 Å². The Hall–Kier alpha value is -1.66. The first-order valence-electron chi connectivity index (χ1n) is 7.09. The Morgan fingerprint density at radius 2 is 2.24 bits per heavy atom. The molecule has 1 aromatic heterocycles. The number of nitrogens with two attached hydrogens (primary N) is 1. The second-order valence-corrected chi connectivity index (χ2v) is 7.35. The summed E-state index contributed by atoms with van der Waals surface area (Å²) in [7, 11) is -1.88. The topological polar surface area (TPSA) is 78.0 Å². The molecule has 2 aromatic rings. The zero-order valence-electron chi connectivity index (χ0n) is 12.0. The Labute approximate surface area is 124 Å². The van der Waals surface area contributed by atoms with Crippen LogP contribution in [0, 0.1) is 0 Å².